The van der Waals surface area contributed by atoms with Crippen molar-refractivity contribution in [3.63, 3.8) is 0 Å². The fraction of sp³-hybridized carbons (Fsp3) is 0.650. The average molecular weight is 440 g/mol. The molecule has 4 rings (SSSR count). The van der Waals surface area contributed by atoms with Crippen LogP contribution < -0.4 is 0 Å². The van der Waals surface area contributed by atoms with Gasteiger partial charge in [0, 0.05) is 28.3 Å². The molecule has 0 N–H and O–H groups in total. The van der Waals surface area contributed by atoms with Crippen molar-refractivity contribution < 1.29 is 14.0 Å². The molecule has 3 aliphatic rings. The van der Waals surface area contributed by atoms with Gasteiger partial charge in [0.05, 0.1) is 13.2 Å². The van der Waals surface area contributed by atoms with Crippen molar-refractivity contribution in [1.29, 1.82) is 0 Å². The molecule has 6 heteroatoms. The van der Waals surface area contributed by atoms with Gasteiger partial charge in [-0.05, 0) is 57.7 Å². The highest BCUT2D eigenvalue weighted by atomic mass is 79.9. The lowest BCUT2D eigenvalue weighted by Gasteiger charge is -2.41. The van der Waals surface area contributed by atoms with Gasteiger partial charge >= 0.3 is 0 Å². The van der Waals surface area contributed by atoms with E-state index in [2.05, 4.69) is 34.1 Å². The van der Waals surface area contributed by atoms with Crippen molar-refractivity contribution in [1.82, 2.24) is 0 Å². The van der Waals surface area contributed by atoms with Crippen LogP contribution in [0.2, 0.25) is 0 Å². The van der Waals surface area contributed by atoms with Gasteiger partial charge in [-0.1, -0.05) is 26.4 Å². The maximum atomic E-state index is 12.9. The number of nitrogens with zero attached hydrogens (tertiary/aromatic N) is 1. The molecule has 4 nitrogen and oxygen atoms in total. The van der Waals surface area contributed by atoms with Gasteiger partial charge in [-0.25, -0.2) is 0 Å². The van der Waals surface area contributed by atoms with Gasteiger partial charge in [0.1, 0.15) is 21.8 Å². The van der Waals surface area contributed by atoms with Crippen molar-refractivity contribution in [2.75, 3.05) is 13.2 Å². The van der Waals surface area contributed by atoms with Crippen molar-refractivity contribution in [3.05, 3.63) is 33.8 Å². The first kappa shape index (κ1) is 18.9. The quantitative estimate of drug-likeness (QED) is 0.602. The van der Waals surface area contributed by atoms with Crippen molar-refractivity contribution in [2.45, 2.75) is 63.4 Å². The average Bonchev–Trinajstić information content (AvgIpc) is 3.14. The van der Waals surface area contributed by atoms with Crippen LogP contribution in [0.1, 0.15) is 57.6 Å². The van der Waals surface area contributed by atoms with Crippen LogP contribution in [-0.2, 0) is 27.3 Å². The number of benzene rings is 1. The highest BCUT2D eigenvalue weighted by Gasteiger charge is 2.52. The summed E-state index contributed by atoms with van der Waals surface area (Å²) in [5.41, 5.74) is 3.43. The molecule has 142 valence electrons. The van der Waals surface area contributed by atoms with Gasteiger partial charge in [-0.2, -0.15) is 0 Å². The molecule has 1 saturated carbocycles. The predicted octanol–water partition coefficient (Wildman–Crippen LogP) is 4.56. The van der Waals surface area contributed by atoms with Crippen LogP contribution in [-0.4, -0.2) is 34.0 Å². The van der Waals surface area contributed by atoms with Crippen molar-refractivity contribution in [2.24, 2.45) is 9.81 Å². The summed E-state index contributed by atoms with van der Waals surface area (Å²) in [5, 5.41) is 0. The molecule has 2 aliphatic carbocycles. The molecule has 0 bridgehead atoms. The summed E-state index contributed by atoms with van der Waals surface area (Å²) in [4.78, 5) is 0. The van der Waals surface area contributed by atoms with E-state index in [1.54, 1.807) is 0 Å². The zero-order valence-electron chi connectivity index (χ0n) is 15.6. The predicted molar refractivity (Wildman–Crippen MR) is 108 cm³/mol. The zero-order chi connectivity index (χ0) is 18.6. The topological polar surface area (TPSA) is 53.9 Å². The van der Waals surface area contributed by atoms with E-state index >= 15 is 0 Å². The molecule has 1 aliphatic heterocycles. The van der Waals surface area contributed by atoms with E-state index in [0.29, 0.717) is 13.2 Å². The Kier molecular flexibility index (Phi) is 4.80. The third-order valence-electron chi connectivity index (χ3n) is 5.84. The summed E-state index contributed by atoms with van der Waals surface area (Å²) >= 11 is 2.32. The number of fused-ring (bicyclic) bond motifs is 1. The van der Waals surface area contributed by atoms with Gasteiger partial charge in [-0.3, -0.25) is 0 Å². The minimum Gasteiger partial charge on any atom is -0.591 e. The highest BCUT2D eigenvalue weighted by Crippen LogP contribution is 2.52. The summed E-state index contributed by atoms with van der Waals surface area (Å²) in [6.07, 6.45) is 4.64. The SMILES string of the molecule is CC(C)(C)[S+]([O-])/N=C1/c2cc(Br)ccc2CC12CCC1(CC2)OCCO1. The Morgan fingerprint density at radius 1 is 1.12 bits per heavy atom. The molecule has 0 amide bonds. The molecular formula is C20H26BrNO3S. The van der Waals surface area contributed by atoms with Crippen LogP contribution in [0.15, 0.2) is 27.1 Å². The molecule has 2 fully saturated rings. The van der Waals surface area contributed by atoms with Gasteiger partial charge < -0.3 is 14.0 Å². The summed E-state index contributed by atoms with van der Waals surface area (Å²) in [6, 6.07) is 6.40. The van der Waals surface area contributed by atoms with Crippen LogP contribution in [0.4, 0.5) is 0 Å². The Labute approximate surface area is 167 Å². The Balaban J connectivity index is 1.71. The third kappa shape index (κ3) is 3.28. The summed E-state index contributed by atoms with van der Waals surface area (Å²) in [7, 11) is 0. The minimum atomic E-state index is -1.27. The van der Waals surface area contributed by atoms with Gasteiger partial charge in [0.2, 0.25) is 0 Å². The van der Waals surface area contributed by atoms with E-state index in [9.17, 15) is 4.55 Å². The van der Waals surface area contributed by atoms with Crippen LogP contribution in [0.3, 0.4) is 0 Å². The fourth-order valence-electron chi connectivity index (χ4n) is 4.33. The number of halogens is 1. The maximum Gasteiger partial charge on any atom is 0.168 e. The lowest BCUT2D eigenvalue weighted by atomic mass is 9.69. The van der Waals surface area contributed by atoms with E-state index in [1.807, 2.05) is 20.8 Å². The Morgan fingerprint density at radius 3 is 2.38 bits per heavy atom. The van der Waals surface area contributed by atoms with Crippen LogP contribution in [0, 0.1) is 5.41 Å². The monoisotopic (exact) mass is 439 g/mol. The third-order valence-corrected chi connectivity index (χ3v) is 7.73. The summed E-state index contributed by atoms with van der Waals surface area (Å²) < 4.78 is 30.2. The smallest absolute Gasteiger partial charge is 0.168 e. The number of rotatable bonds is 1. The lowest BCUT2D eigenvalue weighted by molar-refractivity contribution is -0.186. The van der Waals surface area contributed by atoms with Gasteiger partial charge in [0.25, 0.3) is 0 Å². The molecule has 2 spiro atoms. The lowest BCUT2D eigenvalue weighted by Crippen LogP contribution is -2.43. The molecule has 1 aromatic carbocycles. The largest absolute Gasteiger partial charge is 0.591 e. The van der Waals surface area contributed by atoms with Crippen LogP contribution >= 0.6 is 15.9 Å². The molecule has 0 aromatic heterocycles. The number of hydrogen-bond acceptors (Lipinski definition) is 4. The van der Waals surface area contributed by atoms with Gasteiger partial charge in [-0.15, -0.1) is 0 Å². The van der Waals surface area contributed by atoms with E-state index in [1.165, 1.54) is 5.56 Å². The molecule has 1 aromatic rings. The molecule has 1 saturated heterocycles. The molecule has 1 unspecified atom stereocenters. The fourth-order valence-corrected chi connectivity index (χ4v) is 5.42. The molecular weight excluding hydrogens is 414 g/mol. The summed E-state index contributed by atoms with van der Waals surface area (Å²) in [5.74, 6) is -0.394. The minimum absolute atomic E-state index is 0.0510. The molecule has 0 radical (unpaired) electrons. The van der Waals surface area contributed by atoms with Crippen LogP contribution in [0.25, 0.3) is 0 Å². The Morgan fingerprint density at radius 2 is 1.77 bits per heavy atom. The second kappa shape index (κ2) is 6.59. The standard InChI is InChI=1S/C20H26BrNO3S/c1-18(2,3)26(23)22-17-16-12-15(21)5-4-14(16)13-19(17)6-8-20(9-7-19)24-10-11-25-20/h4-5,12H,6-11,13H2,1-3H3/b22-17-. The van der Waals surface area contributed by atoms with E-state index < -0.39 is 17.1 Å². The Bertz CT molecular complexity index is 727. The van der Waals surface area contributed by atoms with Crippen molar-refractivity contribution >= 4 is 33.0 Å². The maximum absolute atomic E-state index is 12.9. The van der Waals surface area contributed by atoms with Crippen molar-refractivity contribution in [3.8, 4) is 0 Å². The van der Waals surface area contributed by atoms with E-state index in [0.717, 1.165) is 47.9 Å². The highest BCUT2D eigenvalue weighted by molar-refractivity contribution is 9.10. The first-order chi connectivity index (χ1) is 12.2. The molecule has 26 heavy (non-hydrogen) atoms. The first-order valence-corrected chi connectivity index (χ1v) is 11.2. The van der Waals surface area contributed by atoms with E-state index in [-0.39, 0.29) is 10.2 Å². The zero-order valence-corrected chi connectivity index (χ0v) is 18.0. The second-order valence-corrected chi connectivity index (χ2v) is 11.5. The molecule has 1 heterocycles. The normalized spacial score (nSPS) is 26.6. The van der Waals surface area contributed by atoms with E-state index in [4.69, 9.17) is 13.9 Å². The number of ether oxygens (including phenoxy) is 2. The second-order valence-electron chi connectivity index (χ2n) is 8.67. The number of hydrogen-bond donors (Lipinski definition) is 0. The van der Waals surface area contributed by atoms with Crippen LogP contribution in [0.5, 0.6) is 0 Å². The molecule has 1 atom stereocenters. The van der Waals surface area contributed by atoms with Gasteiger partial charge in [0.15, 0.2) is 5.79 Å². The first-order valence-electron chi connectivity index (χ1n) is 9.31. The summed E-state index contributed by atoms with van der Waals surface area (Å²) in [6.45, 7) is 7.32. The Hall–Kier alpha value is -0.400.